The van der Waals surface area contributed by atoms with Gasteiger partial charge in [-0.3, -0.25) is 4.79 Å². The molecule has 0 unspecified atom stereocenters. The predicted molar refractivity (Wildman–Crippen MR) is 102 cm³/mol. The molecule has 2 aromatic carbocycles. The van der Waals surface area contributed by atoms with E-state index in [1.165, 1.54) is 23.3 Å². The zero-order chi connectivity index (χ0) is 18.5. The number of carbonyl (C=O) groups is 2. The second kappa shape index (κ2) is 8.39. The quantitative estimate of drug-likeness (QED) is 0.724. The second-order valence-corrected chi connectivity index (χ2v) is 6.73. The van der Waals surface area contributed by atoms with Crippen LogP contribution in [-0.2, 0) is 9.53 Å². The van der Waals surface area contributed by atoms with E-state index >= 15 is 0 Å². The molecular weight excluding hydrogens is 373 g/mol. The molecule has 2 aromatic rings. The number of nitrogens with zero attached hydrogens (tertiary/aromatic N) is 1. The molecule has 0 bridgehead atoms. The van der Waals surface area contributed by atoms with E-state index in [9.17, 15) is 9.59 Å². The lowest BCUT2D eigenvalue weighted by atomic mass is 10.00. The normalized spacial score (nSPS) is 13.9. The third-order valence-electron chi connectivity index (χ3n) is 4.18. The summed E-state index contributed by atoms with van der Waals surface area (Å²) in [4.78, 5) is 26.0. The van der Waals surface area contributed by atoms with Gasteiger partial charge in [0.05, 0.1) is 10.6 Å². The van der Waals surface area contributed by atoms with Crippen molar-refractivity contribution in [2.24, 2.45) is 0 Å². The fourth-order valence-corrected chi connectivity index (χ4v) is 3.13. The minimum Gasteiger partial charge on any atom is -0.452 e. The molecule has 0 spiro atoms. The van der Waals surface area contributed by atoms with Gasteiger partial charge in [0.25, 0.3) is 5.91 Å². The smallest absolute Gasteiger partial charge is 0.340 e. The van der Waals surface area contributed by atoms with E-state index in [-0.39, 0.29) is 23.1 Å². The molecule has 0 atom stereocenters. The summed E-state index contributed by atoms with van der Waals surface area (Å²) in [6, 6.07) is 14.6. The van der Waals surface area contributed by atoms with Crippen LogP contribution in [0.2, 0.25) is 10.0 Å². The number of hydrogen-bond acceptors (Lipinski definition) is 3. The summed E-state index contributed by atoms with van der Waals surface area (Å²) in [7, 11) is 0. The van der Waals surface area contributed by atoms with Gasteiger partial charge in [-0.15, -0.1) is 0 Å². The molecule has 0 saturated heterocycles. The number of carbonyl (C=O) groups excluding carboxylic acids is 2. The van der Waals surface area contributed by atoms with Gasteiger partial charge in [-0.2, -0.15) is 0 Å². The van der Waals surface area contributed by atoms with E-state index in [0.29, 0.717) is 18.1 Å². The zero-order valence-electron chi connectivity index (χ0n) is 14.0. The third-order valence-corrected chi connectivity index (χ3v) is 4.75. The van der Waals surface area contributed by atoms with E-state index in [1.807, 2.05) is 24.3 Å². The van der Waals surface area contributed by atoms with Gasteiger partial charge in [-0.05, 0) is 35.8 Å². The average molecular weight is 390 g/mol. The third kappa shape index (κ3) is 4.45. The molecule has 4 nitrogen and oxygen atoms in total. The number of halogens is 2. The molecule has 3 rings (SSSR count). The Kier molecular flexibility index (Phi) is 5.96. The number of benzene rings is 2. The molecular formula is C20H17Cl2NO3. The van der Waals surface area contributed by atoms with Crippen molar-refractivity contribution in [3.05, 3.63) is 75.8 Å². The van der Waals surface area contributed by atoms with Crippen molar-refractivity contribution in [1.82, 2.24) is 4.90 Å². The van der Waals surface area contributed by atoms with Gasteiger partial charge in [-0.25, -0.2) is 4.79 Å². The Balaban J connectivity index is 1.55. The molecule has 26 heavy (non-hydrogen) atoms. The Morgan fingerprint density at radius 1 is 1.08 bits per heavy atom. The lowest BCUT2D eigenvalue weighted by Crippen LogP contribution is -2.37. The standard InChI is InChI=1S/C20H17Cl2NO3/c21-16-6-7-18(22)17(12-16)20(25)26-13-19(24)23-10-8-15(9-11-23)14-4-2-1-3-5-14/h1-8,12H,9-11,13H2. The Morgan fingerprint density at radius 2 is 1.85 bits per heavy atom. The molecule has 0 fully saturated rings. The number of amides is 1. The Bertz CT molecular complexity index is 849. The van der Waals surface area contributed by atoms with E-state index in [2.05, 4.69) is 12.1 Å². The van der Waals surface area contributed by atoms with Crippen LogP contribution in [0.5, 0.6) is 0 Å². The first kappa shape index (κ1) is 18.5. The SMILES string of the molecule is O=C(OCC(=O)N1CC=C(c2ccccc2)CC1)c1cc(Cl)ccc1Cl. The monoisotopic (exact) mass is 389 g/mol. The lowest BCUT2D eigenvalue weighted by Gasteiger charge is -2.26. The van der Waals surface area contributed by atoms with E-state index in [4.69, 9.17) is 27.9 Å². The van der Waals surface area contributed by atoms with Crippen molar-refractivity contribution in [2.75, 3.05) is 19.7 Å². The first-order chi connectivity index (χ1) is 12.5. The average Bonchev–Trinajstić information content (AvgIpc) is 2.68. The van der Waals surface area contributed by atoms with Crippen LogP contribution < -0.4 is 0 Å². The topological polar surface area (TPSA) is 46.6 Å². The molecule has 6 heteroatoms. The zero-order valence-corrected chi connectivity index (χ0v) is 15.5. The Hall–Kier alpha value is -2.30. The highest BCUT2D eigenvalue weighted by Crippen LogP contribution is 2.23. The van der Waals surface area contributed by atoms with Crippen LogP contribution in [0.4, 0.5) is 0 Å². The number of esters is 1. The van der Waals surface area contributed by atoms with Crippen LogP contribution >= 0.6 is 23.2 Å². The second-order valence-electron chi connectivity index (χ2n) is 5.89. The van der Waals surface area contributed by atoms with Crippen molar-refractivity contribution in [3.8, 4) is 0 Å². The maximum absolute atomic E-state index is 12.3. The molecule has 0 radical (unpaired) electrons. The van der Waals surface area contributed by atoms with Crippen molar-refractivity contribution in [1.29, 1.82) is 0 Å². The first-order valence-corrected chi connectivity index (χ1v) is 8.94. The molecule has 0 saturated carbocycles. The summed E-state index contributed by atoms with van der Waals surface area (Å²) >= 11 is 11.8. The summed E-state index contributed by atoms with van der Waals surface area (Å²) in [5.41, 5.74) is 2.54. The maximum atomic E-state index is 12.3. The van der Waals surface area contributed by atoms with Crippen LogP contribution in [0, 0.1) is 0 Å². The minimum absolute atomic E-state index is 0.150. The van der Waals surface area contributed by atoms with E-state index in [1.54, 1.807) is 11.0 Å². The van der Waals surface area contributed by atoms with Gasteiger partial charge >= 0.3 is 5.97 Å². The number of hydrogen-bond donors (Lipinski definition) is 0. The van der Waals surface area contributed by atoms with Gasteiger partial charge < -0.3 is 9.64 Å². The van der Waals surface area contributed by atoms with Gasteiger partial charge in [0, 0.05) is 18.1 Å². The van der Waals surface area contributed by atoms with Crippen molar-refractivity contribution in [3.63, 3.8) is 0 Å². The highest BCUT2D eigenvalue weighted by molar-refractivity contribution is 6.35. The highest BCUT2D eigenvalue weighted by atomic mass is 35.5. The number of ether oxygens (including phenoxy) is 1. The van der Waals surface area contributed by atoms with Crippen molar-refractivity contribution < 1.29 is 14.3 Å². The summed E-state index contributed by atoms with van der Waals surface area (Å²) in [5.74, 6) is -0.900. The molecule has 1 aliphatic rings. The Labute approximate surface area is 162 Å². The van der Waals surface area contributed by atoms with Crippen LogP contribution in [0.3, 0.4) is 0 Å². The molecule has 0 aromatic heterocycles. The summed E-state index contributed by atoms with van der Waals surface area (Å²) in [5, 5.41) is 0.613. The lowest BCUT2D eigenvalue weighted by molar-refractivity contribution is -0.134. The van der Waals surface area contributed by atoms with Crippen molar-refractivity contribution in [2.45, 2.75) is 6.42 Å². The molecule has 134 valence electrons. The van der Waals surface area contributed by atoms with Gasteiger partial charge in [0.1, 0.15) is 0 Å². The van der Waals surface area contributed by atoms with Gasteiger partial charge in [-0.1, -0.05) is 59.6 Å². The summed E-state index contributed by atoms with van der Waals surface area (Å²) in [6.45, 7) is 0.768. The van der Waals surface area contributed by atoms with Crippen LogP contribution in [0.15, 0.2) is 54.6 Å². The summed E-state index contributed by atoms with van der Waals surface area (Å²) in [6.07, 6.45) is 2.80. The van der Waals surface area contributed by atoms with Crippen molar-refractivity contribution >= 4 is 40.7 Å². The molecule has 1 aliphatic heterocycles. The predicted octanol–water partition coefficient (Wildman–Crippen LogP) is 4.47. The molecule has 1 amide bonds. The largest absolute Gasteiger partial charge is 0.452 e. The van der Waals surface area contributed by atoms with Crippen LogP contribution in [0.25, 0.3) is 5.57 Å². The highest BCUT2D eigenvalue weighted by Gasteiger charge is 2.20. The number of rotatable bonds is 4. The maximum Gasteiger partial charge on any atom is 0.340 e. The molecule has 0 N–H and O–H groups in total. The van der Waals surface area contributed by atoms with Gasteiger partial charge in [0.15, 0.2) is 6.61 Å². The summed E-state index contributed by atoms with van der Waals surface area (Å²) < 4.78 is 5.10. The molecule has 1 heterocycles. The van der Waals surface area contributed by atoms with Crippen LogP contribution in [0.1, 0.15) is 22.3 Å². The minimum atomic E-state index is -0.664. The fourth-order valence-electron chi connectivity index (χ4n) is 2.76. The van der Waals surface area contributed by atoms with E-state index < -0.39 is 5.97 Å². The fraction of sp³-hybridized carbons (Fsp3) is 0.200. The van der Waals surface area contributed by atoms with E-state index in [0.717, 1.165) is 6.42 Å². The van der Waals surface area contributed by atoms with Gasteiger partial charge in [0.2, 0.25) is 0 Å². The Morgan fingerprint density at radius 3 is 2.54 bits per heavy atom. The molecule has 0 aliphatic carbocycles. The first-order valence-electron chi connectivity index (χ1n) is 8.19. The van der Waals surface area contributed by atoms with Crippen LogP contribution in [-0.4, -0.2) is 36.5 Å².